The van der Waals surface area contributed by atoms with Crippen molar-refractivity contribution in [2.45, 2.75) is 11.0 Å². The van der Waals surface area contributed by atoms with Gasteiger partial charge >= 0.3 is 5.97 Å². The van der Waals surface area contributed by atoms with Gasteiger partial charge in [0.1, 0.15) is 5.75 Å². The van der Waals surface area contributed by atoms with Crippen LogP contribution >= 0.6 is 27.7 Å². The van der Waals surface area contributed by atoms with E-state index in [1.165, 1.54) is 18.9 Å². The molecule has 94 valence electrons. The average molecular weight is 321 g/mol. The molecule has 1 aromatic rings. The minimum atomic E-state index is -1.28. The second kappa shape index (κ2) is 6.28. The lowest BCUT2D eigenvalue weighted by Crippen LogP contribution is -2.13. The highest BCUT2D eigenvalue weighted by Crippen LogP contribution is 2.37. The standard InChI is InChI=1S/C11H13BrO4S/c1-15-10-7(12)4-6(5-8(10)17-3)9(13)11(14)16-2/h4-5,9,13H,1-3H3. The minimum absolute atomic E-state index is 0.467. The van der Waals surface area contributed by atoms with Crippen molar-refractivity contribution >= 4 is 33.7 Å². The van der Waals surface area contributed by atoms with Crippen molar-refractivity contribution < 1.29 is 19.4 Å². The number of rotatable bonds is 4. The Bertz CT molecular complexity index is 422. The van der Waals surface area contributed by atoms with Crippen molar-refractivity contribution in [2.24, 2.45) is 0 Å². The number of aliphatic hydroxyl groups is 1. The first-order chi connectivity index (χ1) is 8.04. The van der Waals surface area contributed by atoms with Gasteiger partial charge in [0, 0.05) is 0 Å². The number of aliphatic hydroxyl groups excluding tert-OH is 1. The van der Waals surface area contributed by atoms with E-state index in [2.05, 4.69) is 20.7 Å². The molecule has 1 N–H and O–H groups in total. The third kappa shape index (κ3) is 3.14. The average Bonchev–Trinajstić information content (AvgIpc) is 2.35. The molecular formula is C11H13BrO4S. The first-order valence-corrected chi connectivity index (χ1v) is 6.74. The van der Waals surface area contributed by atoms with Crippen LogP contribution in [-0.2, 0) is 9.53 Å². The molecule has 1 atom stereocenters. The topological polar surface area (TPSA) is 55.8 Å². The molecule has 0 bridgehead atoms. The Morgan fingerprint density at radius 2 is 2.12 bits per heavy atom. The number of halogens is 1. The fourth-order valence-electron chi connectivity index (χ4n) is 1.34. The SMILES string of the molecule is COC(=O)C(O)c1cc(Br)c(OC)c(SC)c1. The molecule has 0 spiro atoms. The van der Waals surface area contributed by atoms with Gasteiger partial charge in [0.05, 0.1) is 23.6 Å². The van der Waals surface area contributed by atoms with Crippen molar-refractivity contribution in [3.05, 3.63) is 22.2 Å². The lowest BCUT2D eigenvalue weighted by molar-refractivity contribution is -0.150. The molecule has 0 aliphatic rings. The molecule has 1 rings (SSSR count). The van der Waals surface area contributed by atoms with E-state index in [9.17, 15) is 9.90 Å². The van der Waals surface area contributed by atoms with E-state index in [0.717, 1.165) is 4.90 Å². The number of hydrogen-bond acceptors (Lipinski definition) is 5. The summed E-state index contributed by atoms with van der Waals surface area (Å²) in [5.41, 5.74) is 0.467. The molecule has 6 heteroatoms. The first-order valence-electron chi connectivity index (χ1n) is 4.72. The molecule has 0 saturated heterocycles. The summed E-state index contributed by atoms with van der Waals surface area (Å²) >= 11 is 4.80. The van der Waals surface area contributed by atoms with Gasteiger partial charge in [-0.25, -0.2) is 4.79 Å². The molecule has 4 nitrogen and oxygen atoms in total. The van der Waals surface area contributed by atoms with Gasteiger partial charge in [-0.1, -0.05) is 0 Å². The van der Waals surface area contributed by atoms with Crippen LogP contribution in [0.1, 0.15) is 11.7 Å². The highest BCUT2D eigenvalue weighted by molar-refractivity contribution is 9.10. The van der Waals surface area contributed by atoms with E-state index < -0.39 is 12.1 Å². The Morgan fingerprint density at radius 1 is 1.47 bits per heavy atom. The van der Waals surface area contributed by atoms with Crippen LogP contribution in [0.4, 0.5) is 0 Å². The first kappa shape index (κ1) is 14.3. The van der Waals surface area contributed by atoms with Crippen molar-refractivity contribution in [1.82, 2.24) is 0 Å². The summed E-state index contributed by atoms with van der Waals surface area (Å²) in [4.78, 5) is 12.1. The normalized spacial score (nSPS) is 12.1. The van der Waals surface area contributed by atoms with Gasteiger partial charge in [0.15, 0.2) is 6.10 Å². The van der Waals surface area contributed by atoms with Gasteiger partial charge in [-0.05, 0) is 39.9 Å². The van der Waals surface area contributed by atoms with Crippen molar-refractivity contribution in [2.75, 3.05) is 20.5 Å². The summed E-state index contributed by atoms with van der Waals surface area (Å²) in [6, 6.07) is 3.34. The van der Waals surface area contributed by atoms with Crippen molar-refractivity contribution in [3.8, 4) is 5.75 Å². The molecule has 0 amide bonds. The monoisotopic (exact) mass is 320 g/mol. The summed E-state index contributed by atoms with van der Waals surface area (Å²) in [6.45, 7) is 0. The summed E-state index contributed by atoms with van der Waals surface area (Å²) in [5.74, 6) is -0.00700. The van der Waals surface area contributed by atoms with Gasteiger partial charge in [0.25, 0.3) is 0 Å². The Hall–Kier alpha value is -0.720. The third-order valence-electron chi connectivity index (χ3n) is 2.20. The number of methoxy groups -OCH3 is 2. The van der Waals surface area contributed by atoms with E-state index in [0.29, 0.717) is 15.8 Å². The molecule has 0 aromatic heterocycles. The molecule has 0 aliphatic heterocycles. The third-order valence-corrected chi connectivity index (χ3v) is 3.53. The summed E-state index contributed by atoms with van der Waals surface area (Å²) in [5, 5.41) is 9.75. The van der Waals surface area contributed by atoms with E-state index in [-0.39, 0.29) is 0 Å². The lowest BCUT2D eigenvalue weighted by Gasteiger charge is -2.14. The number of thioether (sulfide) groups is 1. The molecular weight excluding hydrogens is 308 g/mol. The Kier molecular flexibility index (Phi) is 5.30. The zero-order chi connectivity index (χ0) is 13.0. The number of carbonyl (C=O) groups is 1. The Balaban J connectivity index is 3.19. The second-order valence-electron chi connectivity index (χ2n) is 3.16. The summed E-state index contributed by atoms with van der Waals surface area (Å²) in [6.07, 6.45) is 0.603. The fourth-order valence-corrected chi connectivity index (χ4v) is 2.75. The number of esters is 1. The number of ether oxygens (including phenoxy) is 2. The molecule has 1 unspecified atom stereocenters. The van der Waals surface area contributed by atoms with E-state index in [1.807, 2.05) is 6.26 Å². The largest absolute Gasteiger partial charge is 0.494 e. The van der Waals surface area contributed by atoms with Gasteiger partial charge in [0.2, 0.25) is 0 Å². The molecule has 0 heterocycles. The summed E-state index contributed by atoms with van der Waals surface area (Å²) in [7, 11) is 2.80. The summed E-state index contributed by atoms with van der Waals surface area (Å²) < 4.78 is 10.4. The van der Waals surface area contributed by atoms with Crippen LogP contribution in [0.2, 0.25) is 0 Å². The number of hydrogen-bond donors (Lipinski definition) is 1. The van der Waals surface area contributed by atoms with Crippen LogP contribution < -0.4 is 4.74 Å². The van der Waals surface area contributed by atoms with Gasteiger partial charge in [-0.15, -0.1) is 11.8 Å². The predicted molar refractivity (Wildman–Crippen MR) is 69.5 cm³/mol. The van der Waals surface area contributed by atoms with Crippen LogP contribution in [0.25, 0.3) is 0 Å². The zero-order valence-corrected chi connectivity index (χ0v) is 12.1. The maximum atomic E-state index is 11.3. The van der Waals surface area contributed by atoms with Crippen LogP contribution in [0.15, 0.2) is 21.5 Å². The van der Waals surface area contributed by atoms with E-state index in [1.54, 1.807) is 19.2 Å². The minimum Gasteiger partial charge on any atom is -0.494 e. The molecule has 0 fully saturated rings. The molecule has 0 radical (unpaired) electrons. The van der Waals surface area contributed by atoms with Crippen molar-refractivity contribution in [3.63, 3.8) is 0 Å². The maximum absolute atomic E-state index is 11.3. The molecule has 0 aliphatic carbocycles. The van der Waals surface area contributed by atoms with Crippen LogP contribution in [0, 0.1) is 0 Å². The highest BCUT2D eigenvalue weighted by Gasteiger charge is 2.20. The zero-order valence-electron chi connectivity index (χ0n) is 9.69. The van der Waals surface area contributed by atoms with Gasteiger partial charge in [-0.3, -0.25) is 0 Å². The van der Waals surface area contributed by atoms with E-state index in [4.69, 9.17) is 4.74 Å². The number of benzene rings is 1. The predicted octanol–water partition coefficient (Wildman–Crippen LogP) is 2.39. The van der Waals surface area contributed by atoms with Crippen LogP contribution in [0.5, 0.6) is 5.75 Å². The van der Waals surface area contributed by atoms with Crippen molar-refractivity contribution in [1.29, 1.82) is 0 Å². The molecule has 1 aromatic carbocycles. The van der Waals surface area contributed by atoms with Gasteiger partial charge in [-0.2, -0.15) is 0 Å². The number of carbonyl (C=O) groups excluding carboxylic acids is 1. The highest BCUT2D eigenvalue weighted by atomic mass is 79.9. The second-order valence-corrected chi connectivity index (χ2v) is 4.87. The molecule has 17 heavy (non-hydrogen) atoms. The quantitative estimate of drug-likeness (QED) is 0.682. The fraction of sp³-hybridized carbons (Fsp3) is 0.364. The van der Waals surface area contributed by atoms with Crippen LogP contribution in [-0.4, -0.2) is 31.6 Å². The van der Waals surface area contributed by atoms with Gasteiger partial charge < -0.3 is 14.6 Å². The molecule has 0 saturated carbocycles. The van der Waals surface area contributed by atoms with E-state index >= 15 is 0 Å². The Morgan fingerprint density at radius 3 is 2.59 bits per heavy atom. The smallest absolute Gasteiger partial charge is 0.339 e. The van der Waals surface area contributed by atoms with Crippen LogP contribution in [0.3, 0.4) is 0 Å². The lowest BCUT2D eigenvalue weighted by atomic mass is 10.1. The Labute approximate surface area is 112 Å². The maximum Gasteiger partial charge on any atom is 0.339 e.